The van der Waals surface area contributed by atoms with E-state index in [-0.39, 0.29) is 11.8 Å². The molecule has 0 aliphatic carbocycles. The van der Waals surface area contributed by atoms with Gasteiger partial charge in [-0.25, -0.2) is 4.90 Å². The van der Waals surface area contributed by atoms with E-state index in [1.807, 2.05) is 43.3 Å². The van der Waals surface area contributed by atoms with Crippen LogP contribution in [0, 0.1) is 6.92 Å². The molecule has 4 aromatic rings. The zero-order valence-corrected chi connectivity index (χ0v) is 17.0. The Morgan fingerprint density at radius 3 is 2.16 bits per heavy atom. The van der Waals surface area contributed by atoms with Crippen LogP contribution in [0.5, 0.6) is 17.2 Å². The van der Waals surface area contributed by atoms with Gasteiger partial charge in [0.2, 0.25) is 0 Å². The summed E-state index contributed by atoms with van der Waals surface area (Å²) in [6.07, 6.45) is 1.65. The van der Waals surface area contributed by atoms with E-state index in [0.717, 1.165) is 10.5 Å². The average molecular weight is 410 g/mol. The lowest BCUT2D eigenvalue weighted by Gasteiger charge is -2.21. The highest BCUT2D eigenvalue weighted by Gasteiger charge is 2.38. The Hall–Kier alpha value is -4.19. The van der Waals surface area contributed by atoms with Gasteiger partial charge >= 0.3 is 0 Å². The van der Waals surface area contributed by atoms with Crippen LogP contribution in [0.2, 0.25) is 0 Å². The van der Waals surface area contributed by atoms with E-state index in [9.17, 15) is 9.59 Å². The maximum Gasteiger partial charge on any atom is 0.266 e. The zero-order chi connectivity index (χ0) is 21.5. The van der Waals surface area contributed by atoms with Crippen LogP contribution in [0.4, 0.5) is 5.69 Å². The van der Waals surface area contributed by atoms with Crippen molar-refractivity contribution in [1.82, 2.24) is 4.98 Å². The summed E-state index contributed by atoms with van der Waals surface area (Å²) in [5.41, 5.74) is 2.48. The van der Waals surface area contributed by atoms with Crippen molar-refractivity contribution in [3.63, 3.8) is 0 Å². The lowest BCUT2D eigenvalue weighted by Crippen LogP contribution is -2.29. The minimum absolute atomic E-state index is 0.363. The number of rotatable bonds is 4. The quantitative estimate of drug-likeness (QED) is 0.436. The molecule has 31 heavy (non-hydrogen) atoms. The first kappa shape index (κ1) is 18.8. The molecule has 0 spiro atoms. The molecule has 0 unspecified atom stereocenters. The molecule has 0 saturated heterocycles. The van der Waals surface area contributed by atoms with Crippen LogP contribution >= 0.6 is 0 Å². The summed E-state index contributed by atoms with van der Waals surface area (Å²) in [7, 11) is 1.52. The lowest BCUT2D eigenvalue weighted by molar-refractivity contribution is 0.0926. The predicted octanol–water partition coefficient (Wildman–Crippen LogP) is 5.14. The number of hydrogen-bond donors (Lipinski definition) is 0. The summed E-state index contributed by atoms with van der Waals surface area (Å²) < 4.78 is 11.8. The van der Waals surface area contributed by atoms with Crippen molar-refractivity contribution in [2.45, 2.75) is 6.92 Å². The summed E-state index contributed by atoms with van der Waals surface area (Å²) in [5.74, 6) is 0.750. The van der Waals surface area contributed by atoms with E-state index in [4.69, 9.17) is 9.47 Å². The highest BCUT2D eigenvalue weighted by atomic mass is 16.5. The van der Waals surface area contributed by atoms with Crippen LogP contribution in [0.25, 0.3) is 10.9 Å². The fourth-order valence-electron chi connectivity index (χ4n) is 3.86. The molecule has 3 aromatic carbocycles. The second-order valence-electron chi connectivity index (χ2n) is 7.18. The van der Waals surface area contributed by atoms with Crippen molar-refractivity contribution in [2.75, 3.05) is 12.0 Å². The monoisotopic (exact) mass is 410 g/mol. The molecule has 0 saturated carbocycles. The largest absolute Gasteiger partial charge is 0.493 e. The van der Waals surface area contributed by atoms with E-state index < -0.39 is 0 Å². The van der Waals surface area contributed by atoms with Crippen molar-refractivity contribution in [3.8, 4) is 17.2 Å². The third-order valence-corrected chi connectivity index (χ3v) is 5.34. The highest BCUT2D eigenvalue weighted by molar-refractivity contribution is 6.36. The van der Waals surface area contributed by atoms with Gasteiger partial charge in [0.1, 0.15) is 5.75 Å². The first-order valence-electron chi connectivity index (χ1n) is 9.77. The average Bonchev–Trinajstić information content (AvgIpc) is 3.05. The molecule has 2 amide bonds. The molecular formula is C25H18N2O4. The number of carbonyl (C=O) groups is 2. The van der Waals surface area contributed by atoms with Gasteiger partial charge in [0.15, 0.2) is 11.5 Å². The number of fused-ring (bicyclic) bond motifs is 2. The Morgan fingerprint density at radius 2 is 1.52 bits per heavy atom. The molecule has 1 aliphatic rings. The fraction of sp³-hybridized carbons (Fsp3) is 0.0800. The number of imide groups is 1. The molecule has 1 aliphatic heterocycles. The summed E-state index contributed by atoms with van der Waals surface area (Å²) in [5, 5.41) is 0.678. The van der Waals surface area contributed by atoms with Crippen molar-refractivity contribution >= 4 is 28.4 Å². The number of amides is 2. The summed E-state index contributed by atoms with van der Waals surface area (Å²) in [4.78, 5) is 31.9. The Bertz CT molecular complexity index is 1310. The molecule has 0 N–H and O–H groups in total. The maximum atomic E-state index is 13.1. The van der Waals surface area contributed by atoms with Crippen LogP contribution in [-0.2, 0) is 0 Å². The number of anilines is 1. The molecular weight excluding hydrogens is 392 g/mol. The van der Waals surface area contributed by atoms with Gasteiger partial charge < -0.3 is 9.47 Å². The number of pyridine rings is 1. The van der Waals surface area contributed by atoms with Crippen LogP contribution in [0.3, 0.4) is 0 Å². The number of aryl methyl sites for hydroxylation is 1. The fourth-order valence-corrected chi connectivity index (χ4v) is 3.86. The molecule has 6 heteroatoms. The Labute approximate surface area is 178 Å². The van der Waals surface area contributed by atoms with E-state index in [1.54, 1.807) is 36.5 Å². The van der Waals surface area contributed by atoms with Crippen molar-refractivity contribution in [2.24, 2.45) is 0 Å². The van der Waals surface area contributed by atoms with Crippen LogP contribution < -0.4 is 14.4 Å². The summed E-state index contributed by atoms with van der Waals surface area (Å²) in [6.45, 7) is 1.92. The minimum Gasteiger partial charge on any atom is -0.493 e. The summed E-state index contributed by atoms with van der Waals surface area (Å²) in [6, 6.07) is 19.6. The second kappa shape index (κ2) is 7.25. The summed E-state index contributed by atoms with van der Waals surface area (Å²) >= 11 is 0. The zero-order valence-electron chi connectivity index (χ0n) is 17.0. The standard InChI is InChI=1S/C25H18N2O4/c1-15-12-13-26-22-19(27-24(28)17-10-6-7-11-18(17)25(27)29)14-20(30-2)23(21(15)22)31-16-8-4-3-5-9-16/h3-14H,1-2H3. The third kappa shape index (κ3) is 2.92. The minimum atomic E-state index is -0.385. The number of ether oxygens (including phenoxy) is 2. The first-order chi connectivity index (χ1) is 15.1. The van der Waals surface area contributed by atoms with Gasteiger partial charge in [0, 0.05) is 12.3 Å². The number of carbonyl (C=O) groups excluding carboxylic acids is 2. The SMILES string of the molecule is COc1cc(N2C(=O)c3ccccc3C2=O)c2nccc(C)c2c1Oc1ccccc1. The van der Waals surface area contributed by atoms with Gasteiger partial charge in [-0.3, -0.25) is 14.6 Å². The molecule has 152 valence electrons. The van der Waals surface area contributed by atoms with E-state index in [2.05, 4.69) is 4.98 Å². The van der Waals surface area contributed by atoms with Gasteiger partial charge in [-0.1, -0.05) is 30.3 Å². The van der Waals surface area contributed by atoms with Gasteiger partial charge in [-0.15, -0.1) is 0 Å². The number of hydrogen-bond acceptors (Lipinski definition) is 5. The van der Waals surface area contributed by atoms with Crippen LogP contribution in [-0.4, -0.2) is 23.9 Å². The molecule has 0 atom stereocenters. The topological polar surface area (TPSA) is 68.7 Å². The lowest BCUT2D eigenvalue weighted by atomic mass is 10.1. The molecule has 0 radical (unpaired) electrons. The second-order valence-corrected chi connectivity index (χ2v) is 7.18. The predicted molar refractivity (Wildman–Crippen MR) is 117 cm³/mol. The molecule has 0 bridgehead atoms. The number of nitrogens with zero attached hydrogens (tertiary/aromatic N) is 2. The third-order valence-electron chi connectivity index (χ3n) is 5.34. The van der Waals surface area contributed by atoms with E-state index in [1.165, 1.54) is 7.11 Å². The highest BCUT2D eigenvalue weighted by Crippen LogP contribution is 2.45. The molecule has 1 aromatic heterocycles. The molecule has 2 heterocycles. The number of para-hydroxylation sites is 1. The normalized spacial score (nSPS) is 12.9. The van der Waals surface area contributed by atoms with Gasteiger partial charge in [-0.05, 0) is 42.8 Å². The van der Waals surface area contributed by atoms with E-state index in [0.29, 0.717) is 45.0 Å². The van der Waals surface area contributed by atoms with E-state index >= 15 is 0 Å². The molecule has 5 rings (SSSR count). The van der Waals surface area contributed by atoms with Crippen LogP contribution in [0.1, 0.15) is 26.3 Å². The van der Waals surface area contributed by atoms with Gasteiger partial charge in [0.25, 0.3) is 11.8 Å². The maximum absolute atomic E-state index is 13.1. The number of methoxy groups -OCH3 is 1. The van der Waals surface area contributed by atoms with Crippen LogP contribution in [0.15, 0.2) is 72.9 Å². The van der Waals surface area contributed by atoms with Gasteiger partial charge in [0.05, 0.1) is 34.8 Å². The Morgan fingerprint density at radius 1 is 0.871 bits per heavy atom. The van der Waals surface area contributed by atoms with Crippen molar-refractivity contribution in [3.05, 3.63) is 89.6 Å². The number of benzene rings is 3. The van der Waals surface area contributed by atoms with Crippen molar-refractivity contribution < 1.29 is 19.1 Å². The smallest absolute Gasteiger partial charge is 0.266 e. The van der Waals surface area contributed by atoms with Gasteiger partial charge in [-0.2, -0.15) is 0 Å². The van der Waals surface area contributed by atoms with Crippen molar-refractivity contribution in [1.29, 1.82) is 0 Å². The first-order valence-corrected chi connectivity index (χ1v) is 9.77. The molecule has 0 fully saturated rings. The Kier molecular flexibility index (Phi) is 4.40. The Balaban J connectivity index is 1.75. The molecule has 6 nitrogen and oxygen atoms in total. The number of aromatic nitrogens is 1.